The van der Waals surface area contributed by atoms with Crippen LogP contribution < -0.4 is 15.0 Å². The average molecular weight is 472 g/mol. The van der Waals surface area contributed by atoms with Crippen molar-refractivity contribution >= 4 is 17.4 Å². The van der Waals surface area contributed by atoms with Crippen molar-refractivity contribution in [3.8, 4) is 16.9 Å². The van der Waals surface area contributed by atoms with Gasteiger partial charge in [0.25, 0.3) is 5.91 Å². The van der Waals surface area contributed by atoms with Gasteiger partial charge in [-0.15, -0.1) is 13.2 Å². The summed E-state index contributed by atoms with van der Waals surface area (Å²) < 4.78 is 40.9. The number of hydrogen-bond donors (Lipinski definition) is 2. The van der Waals surface area contributed by atoms with E-state index in [1.165, 1.54) is 18.3 Å². The number of alkyl halides is 3. The molecule has 0 bridgehead atoms. The number of nitrogens with zero attached hydrogens (tertiary/aromatic N) is 3. The molecule has 0 spiro atoms. The van der Waals surface area contributed by atoms with Gasteiger partial charge in [0.1, 0.15) is 11.6 Å². The number of aliphatic hydroxyl groups is 1. The molecule has 0 unspecified atom stereocenters. The molecule has 178 valence electrons. The normalized spacial score (nSPS) is 16.3. The van der Waals surface area contributed by atoms with Crippen LogP contribution in [0.1, 0.15) is 28.9 Å². The predicted molar refractivity (Wildman–Crippen MR) is 121 cm³/mol. The van der Waals surface area contributed by atoms with Crippen LogP contribution in [-0.4, -0.2) is 46.5 Å². The first-order chi connectivity index (χ1) is 16.2. The van der Waals surface area contributed by atoms with Crippen LogP contribution in [0.3, 0.4) is 0 Å². The Morgan fingerprint density at radius 3 is 2.56 bits per heavy atom. The summed E-state index contributed by atoms with van der Waals surface area (Å²) in [5.74, 6) is -0.201. The number of β-amino-alcohol motifs (C(OH)–C–C–N with tert-alkyl or cyclic N) is 1. The first-order valence-corrected chi connectivity index (χ1v) is 10.7. The van der Waals surface area contributed by atoms with E-state index < -0.39 is 18.4 Å². The van der Waals surface area contributed by atoms with Gasteiger partial charge < -0.3 is 20.1 Å². The fourth-order valence-electron chi connectivity index (χ4n) is 3.76. The average Bonchev–Trinajstić information content (AvgIpc) is 2.79. The molecule has 1 fully saturated rings. The van der Waals surface area contributed by atoms with Crippen molar-refractivity contribution in [1.82, 2.24) is 9.97 Å². The second-order valence-electron chi connectivity index (χ2n) is 8.05. The molecule has 10 heteroatoms. The van der Waals surface area contributed by atoms with E-state index in [1.807, 2.05) is 24.0 Å². The van der Waals surface area contributed by atoms with Gasteiger partial charge in [0, 0.05) is 48.0 Å². The molecule has 7 nitrogen and oxygen atoms in total. The zero-order valence-corrected chi connectivity index (χ0v) is 18.3. The van der Waals surface area contributed by atoms with Gasteiger partial charge in [0.2, 0.25) is 0 Å². The number of aromatic nitrogens is 2. The van der Waals surface area contributed by atoms with Gasteiger partial charge in [-0.05, 0) is 56.2 Å². The number of aryl methyl sites for hydroxylation is 1. The van der Waals surface area contributed by atoms with Gasteiger partial charge in [-0.2, -0.15) is 0 Å². The van der Waals surface area contributed by atoms with Gasteiger partial charge in [-0.25, -0.2) is 4.98 Å². The van der Waals surface area contributed by atoms with E-state index in [9.17, 15) is 23.1 Å². The number of carbonyl (C=O) groups is 1. The maximum absolute atomic E-state index is 12.9. The van der Waals surface area contributed by atoms with E-state index >= 15 is 0 Å². The van der Waals surface area contributed by atoms with E-state index in [4.69, 9.17) is 0 Å². The summed E-state index contributed by atoms with van der Waals surface area (Å²) in [5, 5.41) is 12.8. The molecule has 1 amide bonds. The zero-order valence-electron chi connectivity index (χ0n) is 18.3. The lowest BCUT2D eigenvalue weighted by atomic mass is 10.0. The van der Waals surface area contributed by atoms with Crippen molar-refractivity contribution in [2.24, 2.45) is 0 Å². The molecule has 1 aromatic carbocycles. The Labute approximate surface area is 194 Å². The summed E-state index contributed by atoms with van der Waals surface area (Å²) in [6.07, 6.45) is -0.540. The molecular formula is C24H23F3N4O3. The fourth-order valence-corrected chi connectivity index (χ4v) is 3.76. The minimum absolute atomic E-state index is 0.271. The largest absolute Gasteiger partial charge is 0.573 e. The van der Waals surface area contributed by atoms with Crippen molar-refractivity contribution in [2.45, 2.75) is 32.2 Å². The number of nitrogens with one attached hydrogen (secondary N) is 1. The standard InChI is InChI=1S/C24H23F3N4O3/c1-15-4-5-16(12-28-15)21-11-17(13-29-22(21)31-10-2-3-19(32)14-31)23(33)30-18-6-8-20(9-7-18)34-24(25,26)27/h4-9,11-13,19,32H,2-3,10,14H2,1H3,(H,30,33)/t19-/m0/s1. The summed E-state index contributed by atoms with van der Waals surface area (Å²) >= 11 is 0. The number of carbonyl (C=O) groups excluding carboxylic acids is 1. The number of benzene rings is 1. The molecule has 2 N–H and O–H groups in total. The monoisotopic (exact) mass is 472 g/mol. The lowest BCUT2D eigenvalue weighted by molar-refractivity contribution is -0.274. The second-order valence-corrected chi connectivity index (χ2v) is 8.05. The Kier molecular flexibility index (Phi) is 6.69. The van der Waals surface area contributed by atoms with E-state index in [0.717, 1.165) is 42.8 Å². The summed E-state index contributed by atoms with van der Waals surface area (Å²) in [5.41, 5.74) is 2.90. The molecule has 2 aromatic heterocycles. The summed E-state index contributed by atoms with van der Waals surface area (Å²) in [6, 6.07) is 10.3. The van der Waals surface area contributed by atoms with Crippen LogP contribution in [0, 0.1) is 6.92 Å². The molecule has 0 saturated carbocycles. The van der Waals surface area contributed by atoms with Crippen LogP contribution in [0.25, 0.3) is 11.1 Å². The van der Waals surface area contributed by atoms with E-state index in [1.54, 1.807) is 12.3 Å². The molecule has 34 heavy (non-hydrogen) atoms. The number of hydrogen-bond acceptors (Lipinski definition) is 6. The van der Waals surface area contributed by atoms with Crippen molar-refractivity contribution < 1.29 is 27.8 Å². The molecule has 3 aromatic rings. The molecule has 1 saturated heterocycles. The number of amides is 1. The zero-order chi connectivity index (χ0) is 24.3. The highest BCUT2D eigenvalue weighted by atomic mass is 19.4. The van der Waals surface area contributed by atoms with Gasteiger partial charge in [-0.3, -0.25) is 9.78 Å². The highest BCUT2D eigenvalue weighted by Gasteiger charge is 2.31. The first kappa shape index (κ1) is 23.5. The molecule has 1 aliphatic rings. The lowest BCUT2D eigenvalue weighted by Crippen LogP contribution is -2.39. The number of ether oxygens (including phenoxy) is 1. The van der Waals surface area contributed by atoms with Crippen LogP contribution in [0.4, 0.5) is 24.7 Å². The minimum Gasteiger partial charge on any atom is -0.406 e. The summed E-state index contributed by atoms with van der Waals surface area (Å²) in [4.78, 5) is 23.7. The highest BCUT2D eigenvalue weighted by Crippen LogP contribution is 2.32. The van der Waals surface area contributed by atoms with Crippen LogP contribution in [0.5, 0.6) is 5.75 Å². The van der Waals surface area contributed by atoms with E-state index in [0.29, 0.717) is 23.6 Å². The maximum Gasteiger partial charge on any atom is 0.573 e. The Balaban J connectivity index is 1.60. The smallest absolute Gasteiger partial charge is 0.406 e. The Morgan fingerprint density at radius 2 is 1.91 bits per heavy atom. The Morgan fingerprint density at radius 1 is 1.15 bits per heavy atom. The Hall–Kier alpha value is -3.66. The van der Waals surface area contributed by atoms with Gasteiger partial charge >= 0.3 is 6.36 Å². The highest BCUT2D eigenvalue weighted by molar-refractivity contribution is 6.05. The number of rotatable bonds is 5. The summed E-state index contributed by atoms with van der Waals surface area (Å²) in [7, 11) is 0. The Bertz CT molecular complexity index is 1150. The van der Waals surface area contributed by atoms with E-state index in [-0.39, 0.29) is 11.3 Å². The van der Waals surface area contributed by atoms with Crippen molar-refractivity contribution in [3.63, 3.8) is 0 Å². The van der Waals surface area contributed by atoms with E-state index in [2.05, 4.69) is 20.0 Å². The van der Waals surface area contributed by atoms with Crippen molar-refractivity contribution in [1.29, 1.82) is 0 Å². The van der Waals surface area contributed by atoms with Crippen LogP contribution in [0.2, 0.25) is 0 Å². The molecule has 4 rings (SSSR count). The van der Waals surface area contributed by atoms with Crippen molar-refractivity contribution in [3.05, 3.63) is 66.1 Å². The molecular weight excluding hydrogens is 449 g/mol. The SMILES string of the molecule is Cc1ccc(-c2cc(C(=O)Nc3ccc(OC(F)(F)F)cc3)cnc2N2CCC[C@H](O)C2)cn1. The third-order valence-electron chi connectivity index (χ3n) is 5.39. The molecule has 1 aliphatic heterocycles. The topological polar surface area (TPSA) is 87.6 Å². The number of piperidine rings is 1. The second kappa shape index (κ2) is 9.68. The number of anilines is 2. The maximum atomic E-state index is 12.9. The molecule has 0 radical (unpaired) electrons. The molecule has 3 heterocycles. The van der Waals surface area contributed by atoms with Gasteiger partial charge in [0.05, 0.1) is 11.7 Å². The number of pyridine rings is 2. The van der Waals surface area contributed by atoms with Crippen LogP contribution in [-0.2, 0) is 0 Å². The van der Waals surface area contributed by atoms with Crippen molar-refractivity contribution in [2.75, 3.05) is 23.3 Å². The summed E-state index contributed by atoms with van der Waals surface area (Å²) in [6.45, 7) is 3.05. The quantitative estimate of drug-likeness (QED) is 0.566. The van der Waals surface area contributed by atoms with Gasteiger partial charge in [-0.1, -0.05) is 6.07 Å². The minimum atomic E-state index is -4.79. The fraction of sp³-hybridized carbons (Fsp3) is 0.292. The third-order valence-corrected chi connectivity index (χ3v) is 5.39. The van der Waals surface area contributed by atoms with Crippen LogP contribution >= 0.6 is 0 Å². The van der Waals surface area contributed by atoms with Gasteiger partial charge in [0.15, 0.2) is 0 Å². The predicted octanol–water partition coefficient (Wildman–Crippen LogP) is 4.56. The van der Waals surface area contributed by atoms with Crippen LogP contribution in [0.15, 0.2) is 54.9 Å². The number of aliphatic hydroxyl groups excluding tert-OH is 1. The third kappa shape index (κ3) is 5.82. The number of halogens is 3. The lowest BCUT2D eigenvalue weighted by Gasteiger charge is -2.32. The molecule has 0 aliphatic carbocycles. The molecule has 1 atom stereocenters. The first-order valence-electron chi connectivity index (χ1n) is 10.7.